The third kappa shape index (κ3) is 3.55. The number of anilines is 1. The molecule has 2 N–H and O–H groups in total. The van der Waals surface area contributed by atoms with Gasteiger partial charge in [0.1, 0.15) is 4.47 Å². The lowest BCUT2D eigenvalue weighted by molar-refractivity contribution is 0.138. The molecule has 0 aliphatic rings. The van der Waals surface area contributed by atoms with Crippen molar-refractivity contribution in [3.05, 3.63) is 21.0 Å². The van der Waals surface area contributed by atoms with E-state index < -0.39 is 6.10 Å². The van der Waals surface area contributed by atoms with Crippen molar-refractivity contribution in [1.29, 1.82) is 0 Å². The highest BCUT2D eigenvalue weighted by molar-refractivity contribution is 9.10. The van der Waals surface area contributed by atoms with Crippen LogP contribution in [0.2, 0.25) is 0 Å². The average molecular weight is 318 g/mol. The predicted octanol–water partition coefficient (Wildman–Crippen LogP) is 2.02. The van der Waals surface area contributed by atoms with Crippen molar-refractivity contribution in [2.45, 2.75) is 39.8 Å². The summed E-state index contributed by atoms with van der Waals surface area (Å²) in [6, 6.07) is 0.0177. The molecule has 0 amide bonds. The van der Waals surface area contributed by atoms with Gasteiger partial charge in [0.25, 0.3) is 5.56 Å². The summed E-state index contributed by atoms with van der Waals surface area (Å²) in [5.41, 5.74) is 0.436. The van der Waals surface area contributed by atoms with E-state index in [1.165, 1.54) is 4.68 Å². The van der Waals surface area contributed by atoms with Crippen LogP contribution in [-0.2, 0) is 0 Å². The van der Waals surface area contributed by atoms with Crippen LogP contribution < -0.4 is 10.9 Å². The molecule has 6 heteroatoms. The van der Waals surface area contributed by atoms with Gasteiger partial charge >= 0.3 is 0 Å². The first-order valence-electron chi connectivity index (χ1n) is 6.03. The molecule has 1 unspecified atom stereocenters. The number of hydrogen-bond acceptors (Lipinski definition) is 4. The minimum absolute atomic E-state index is 0.0177. The third-order valence-electron chi connectivity index (χ3n) is 2.70. The summed E-state index contributed by atoms with van der Waals surface area (Å²) < 4.78 is 1.86. The van der Waals surface area contributed by atoms with E-state index in [1.807, 2.05) is 27.7 Å². The third-order valence-corrected chi connectivity index (χ3v) is 3.47. The highest BCUT2D eigenvalue weighted by Crippen LogP contribution is 2.17. The van der Waals surface area contributed by atoms with Gasteiger partial charge in [0.15, 0.2) is 0 Å². The molecular formula is C12H20BrN3O2. The zero-order valence-electron chi connectivity index (χ0n) is 11.1. The number of aromatic nitrogens is 2. The maximum Gasteiger partial charge on any atom is 0.283 e. The summed E-state index contributed by atoms with van der Waals surface area (Å²) in [6.45, 7) is 8.07. The second kappa shape index (κ2) is 6.33. The van der Waals surface area contributed by atoms with E-state index in [2.05, 4.69) is 26.3 Å². The molecule has 0 saturated carbocycles. The molecule has 0 saturated heterocycles. The number of halogens is 1. The Hall–Kier alpha value is -0.880. The molecule has 1 aromatic heterocycles. The quantitative estimate of drug-likeness (QED) is 0.871. The minimum Gasteiger partial charge on any atom is -0.391 e. The lowest BCUT2D eigenvalue weighted by Crippen LogP contribution is -2.28. The van der Waals surface area contributed by atoms with E-state index in [0.717, 1.165) is 0 Å². The summed E-state index contributed by atoms with van der Waals surface area (Å²) in [6.07, 6.45) is 1.14. The van der Waals surface area contributed by atoms with Gasteiger partial charge in [0, 0.05) is 6.54 Å². The minimum atomic E-state index is -0.454. The normalized spacial score (nSPS) is 13.1. The molecule has 0 spiro atoms. The molecule has 0 fully saturated rings. The number of nitrogens with zero attached hydrogens (tertiary/aromatic N) is 2. The number of nitrogens with one attached hydrogen (secondary N) is 1. The number of aliphatic hydroxyl groups excluding tert-OH is 1. The summed E-state index contributed by atoms with van der Waals surface area (Å²) >= 11 is 3.27. The molecule has 5 nitrogen and oxygen atoms in total. The topological polar surface area (TPSA) is 67.2 Å². The van der Waals surface area contributed by atoms with Crippen LogP contribution in [0.25, 0.3) is 0 Å². The van der Waals surface area contributed by atoms with Crippen LogP contribution in [-0.4, -0.2) is 27.5 Å². The first-order chi connectivity index (χ1) is 8.34. The Morgan fingerprint density at radius 3 is 2.56 bits per heavy atom. The Morgan fingerprint density at radius 2 is 2.06 bits per heavy atom. The second-order valence-electron chi connectivity index (χ2n) is 4.91. The average Bonchev–Trinajstić information content (AvgIpc) is 2.30. The Balaban J connectivity index is 2.86. The van der Waals surface area contributed by atoms with E-state index in [-0.39, 0.29) is 17.5 Å². The summed E-state index contributed by atoms with van der Waals surface area (Å²) in [7, 11) is 0. The van der Waals surface area contributed by atoms with E-state index in [9.17, 15) is 9.90 Å². The first kappa shape index (κ1) is 15.2. The van der Waals surface area contributed by atoms with Crippen LogP contribution in [0.5, 0.6) is 0 Å². The zero-order chi connectivity index (χ0) is 13.9. The summed E-state index contributed by atoms with van der Waals surface area (Å²) in [4.78, 5) is 12.0. The molecule has 1 heterocycles. The predicted molar refractivity (Wildman–Crippen MR) is 75.9 cm³/mol. The Morgan fingerprint density at radius 1 is 1.44 bits per heavy atom. The fraction of sp³-hybridized carbons (Fsp3) is 0.667. The molecule has 1 aromatic rings. The maximum atomic E-state index is 12.0. The molecule has 0 radical (unpaired) electrons. The van der Waals surface area contributed by atoms with E-state index in [1.54, 1.807) is 6.20 Å². The molecule has 0 aromatic carbocycles. The van der Waals surface area contributed by atoms with Crippen molar-refractivity contribution in [1.82, 2.24) is 9.78 Å². The zero-order valence-corrected chi connectivity index (χ0v) is 12.7. The van der Waals surface area contributed by atoms with Crippen LogP contribution in [0, 0.1) is 5.92 Å². The Bertz CT molecular complexity index is 457. The molecule has 0 bridgehead atoms. The van der Waals surface area contributed by atoms with Gasteiger partial charge in [0.2, 0.25) is 0 Å². The second-order valence-corrected chi connectivity index (χ2v) is 5.70. The fourth-order valence-electron chi connectivity index (χ4n) is 1.39. The van der Waals surface area contributed by atoms with Gasteiger partial charge in [-0.25, -0.2) is 4.68 Å². The molecule has 0 aliphatic carbocycles. The lowest BCUT2D eigenvalue weighted by Gasteiger charge is -2.17. The van der Waals surface area contributed by atoms with Crippen molar-refractivity contribution in [3.8, 4) is 0 Å². The fourth-order valence-corrected chi connectivity index (χ4v) is 1.81. The van der Waals surface area contributed by atoms with Gasteiger partial charge in [-0.1, -0.05) is 13.8 Å². The highest BCUT2D eigenvalue weighted by atomic mass is 79.9. The van der Waals surface area contributed by atoms with Gasteiger partial charge in [-0.3, -0.25) is 4.79 Å². The van der Waals surface area contributed by atoms with Crippen molar-refractivity contribution >= 4 is 21.6 Å². The number of aliphatic hydroxyl groups is 1. The van der Waals surface area contributed by atoms with Crippen LogP contribution in [0.1, 0.15) is 33.7 Å². The largest absolute Gasteiger partial charge is 0.391 e. The Kier molecular flexibility index (Phi) is 5.34. The molecule has 1 atom stereocenters. The van der Waals surface area contributed by atoms with Crippen molar-refractivity contribution in [3.63, 3.8) is 0 Å². The van der Waals surface area contributed by atoms with Crippen LogP contribution in [0.4, 0.5) is 5.69 Å². The van der Waals surface area contributed by atoms with Gasteiger partial charge in [0.05, 0.1) is 24.0 Å². The summed E-state index contributed by atoms with van der Waals surface area (Å²) in [5, 5.41) is 16.8. The smallest absolute Gasteiger partial charge is 0.283 e. The van der Waals surface area contributed by atoms with E-state index in [4.69, 9.17) is 0 Å². The van der Waals surface area contributed by atoms with Gasteiger partial charge in [-0.15, -0.1) is 0 Å². The SMILES string of the molecule is CC(C)C(O)CNc1cnn(C(C)C)c(=O)c1Br. The van der Waals surface area contributed by atoms with E-state index >= 15 is 0 Å². The summed E-state index contributed by atoms with van der Waals surface area (Å²) in [5.74, 6) is 0.167. The standard InChI is InChI=1S/C12H20BrN3O2/c1-7(2)10(17)6-14-9-5-15-16(8(3)4)12(18)11(9)13/h5,7-8,10,14,17H,6H2,1-4H3. The van der Waals surface area contributed by atoms with Crippen LogP contribution in [0.3, 0.4) is 0 Å². The molecule has 0 aliphatic heterocycles. The van der Waals surface area contributed by atoms with Crippen molar-refractivity contribution < 1.29 is 5.11 Å². The van der Waals surface area contributed by atoms with Gasteiger partial charge in [-0.2, -0.15) is 5.10 Å². The van der Waals surface area contributed by atoms with Crippen molar-refractivity contribution in [2.75, 3.05) is 11.9 Å². The van der Waals surface area contributed by atoms with E-state index in [0.29, 0.717) is 16.7 Å². The van der Waals surface area contributed by atoms with Crippen molar-refractivity contribution in [2.24, 2.45) is 5.92 Å². The maximum absolute atomic E-state index is 12.0. The van der Waals surface area contributed by atoms with Crippen LogP contribution >= 0.6 is 15.9 Å². The van der Waals surface area contributed by atoms with Crippen LogP contribution in [0.15, 0.2) is 15.5 Å². The van der Waals surface area contributed by atoms with Gasteiger partial charge < -0.3 is 10.4 Å². The molecule has 1 rings (SSSR count). The number of rotatable bonds is 5. The first-order valence-corrected chi connectivity index (χ1v) is 6.83. The highest BCUT2D eigenvalue weighted by Gasteiger charge is 2.13. The number of hydrogen-bond donors (Lipinski definition) is 2. The molecule has 102 valence electrons. The molecular weight excluding hydrogens is 298 g/mol. The monoisotopic (exact) mass is 317 g/mol. The van der Waals surface area contributed by atoms with Gasteiger partial charge in [-0.05, 0) is 35.7 Å². The molecule has 18 heavy (non-hydrogen) atoms. The lowest BCUT2D eigenvalue weighted by atomic mass is 10.1. The Labute approximate surface area is 115 Å².